The van der Waals surface area contributed by atoms with E-state index >= 15 is 0 Å². The minimum atomic E-state index is -0.0181. The van der Waals surface area contributed by atoms with Crippen LogP contribution in [0.25, 0.3) is 10.1 Å². The van der Waals surface area contributed by atoms with Crippen molar-refractivity contribution >= 4 is 33.3 Å². The Labute approximate surface area is 181 Å². The first kappa shape index (κ1) is 20.8. The molecule has 1 aliphatic heterocycles. The van der Waals surface area contributed by atoms with Crippen LogP contribution in [0.1, 0.15) is 39.5 Å². The van der Waals surface area contributed by atoms with E-state index in [-0.39, 0.29) is 11.9 Å². The van der Waals surface area contributed by atoms with E-state index in [4.69, 9.17) is 4.74 Å². The Kier molecular flexibility index (Phi) is 6.29. The van der Waals surface area contributed by atoms with E-state index in [1.807, 2.05) is 32.0 Å². The van der Waals surface area contributed by atoms with Gasteiger partial charge in [0.15, 0.2) is 0 Å². The molecule has 7 heteroatoms. The van der Waals surface area contributed by atoms with Gasteiger partial charge >= 0.3 is 0 Å². The maximum atomic E-state index is 12.9. The molecular weight excluding hydrogens is 396 g/mol. The Bertz CT molecular complexity index is 1030. The molecule has 0 radical (unpaired) electrons. The summed E-state index contributed by atoms with van der Waals surface area (Å²) in [6, 6.07) is 10.6. The van der Waals surface area contributed by atoms with Crippen LogP contribution in [0, 0.1) is 13.8 Å². The first-order chi connectivity index (χ1) is 14.6. The maximum absolute atomic E-state index is 12.9. The fourth-order valence-electron chi connectivity index (χ4n) is 4.21. The lowest BCUT2D eigenvalue weighted by Gasteiger charge is -2.25. The molecular formula is C23H28N4O2S. The number of nitrogens with one attached hydrogen (secondary N) is 1. The van der Waals surface area contributed by atoms with Crippen LogP contribution in [0.5, 0.6) is 0 Å². The van der Waals surface area contributed by atoms with Crippen LogP contribution in [0.15, 0.2) is 30.3 Å². The number of thiophene rings is 1. The van der Waals surface area contributed by atoms with Crippen LogP contribution in [0.2, 0.25) is 0 Å². The number of amides is 1. The number of aromatic nitrogens is 2. The van der Waals surface area contributed by atoms with E-state index in [0.29, 0.717) is 13.2 Å². The average molecular weight is 425 g/mol. The minimum Gasteiger partial charge on any atom is -0.383 e. The third-order valence-corrected chi connectivity index (χ3v) is 6.75. The van der Waals surface area contributed by atoms with Crippen LogP contribution in [-0.4, -0.2) is 48.7 Å². The SMILES string of the molecule is COCCNC(=O)c1sc2ccccc2c1CC1CCCN1c1nc(C)cc(C)n1. The van der Waals surface area contributed by atoms with Crippen LogP contribution >= 0.6 is 11.3 Å². The van der Waals surface area contributed by atoms with Crippen molar-refractivity contribution in [3.63, 3.8) is 0 Å². The molecule has 2 aromatic heterocycles. The zero-order chi connectivity index (χ0) is 21.1. The highest BCUT2D eigenvalue weighted by Crippen LogP contribution is 2.35. The van der Waals surface area contributed by atoms with Crippen molar-refractivity contribution in [1.29, 1.82) is 0 Å². The number of carbonyl (C=O) groups is 1. The lowest BCUT2D eigenvalue weighted by molar-refractivity contribution is 0.0940. The summed E-state index contributed by atoms with van der Waals surface area (Å²) in [5, 5.41) is 4.17. The number of aryl methyl sites for hydroxylation is 2. The van der Waals surface area contributed by atoms with Crippen LogP contribution < -0.4 is 10.2 Å². The largest absolute Gasteiger partial charge is 0.383 e. The standard InChI is InChI=1S/C23H28N4O2S/c1-15-13-16(2)26-23(25-15)27-11-6-7-17(27)14-19-18-8-4-5-9-20(18)30-21(19)22(28)24-10-12-29-3/h4-5,8-9,13,17H,6-7,10-12,14H2,1-3H3,(H,24,28). The number of carbonyl (C=O) groups excluding carboxylic acids is 1. The van der Waals surface area contributed by atoms with Gasteiger partial charge in [-0.05, 0) is 56.2 Å². The fraction of sp³-hybridized carbons (Fsp3) is 0.435. The summed E-state index contributed by atoms with van der Waals surface area (Å²) in [5.41, 5.74) is 3.11. The number of methoxy groups -OCH3 is 1. The van der Waals surface area contributed by atoms with Crippen LogP contribution in [0.3, 0.4) is 0 Å². The molecule has 3 aromatic rings. The molecule has 4 rings (SSSR count). The van der Waals surface area contributed by atoms with Gasteiger partial charge in [0, 0.05) is 42.3 Å². The van der Waals surface area contributed by atoms with Crippen molar-refractivity contribution in [2.75, 3.05) is 31.7 Å². The lowest BCUT2D eigenvalue weighted by Crippen LogP contribution is -2.33. The number of benzene rings is 1. The van der Waals surface area contributed by atoms with Crippen molar-refractivity contribution in [1.82, 2.24) is 15.3 Å². The Hall–Kier alpha value is -2.51. The van der Waals surface area contributed by atoms with E-state index in [0.717, 1.165) is 58.3 Å². The number of hydrogen-bond donors (Lipinski definition) is 1. The second-order valence-corrected chi connectivity index (χ2v) is 8.85. The summed E-state index contributed by atoms with van der Waals surface area (Å²) in [5.74, 6) is 0.788. The number of ether oxygens (including phenoxy) is 1. The topological polar surface area (TPSA) is 67.3 Å². The summed E-state index contributed by atoms with van der Waals surface area (Å²) in [6.07, 6.45) is 3.00. The highest BCUT2D eigenvalue weighted by Gasteiger charge is 2.30. The Morgan fingerprint density at radius 3 is 2.80 bits per heavy atom. The molecule has 1 N–H and O–H groups in total. The molecule has 1 saturated heterocycles. The Morgan fingerprint density at radius 2 is 2.03 bits per heavy atom. The predicted molar refractivity (Wildman–Crippen MR) is 122 cm³/mol. The quantitative estimate of drug-likeness (QED) is 0.583. The van der Waals surface area contributed by atoms with Crippen molar-refractivity contribution in [2.24, 2.45) is 0 Å². The van der Waals surface area contributed by atoms with E-state index in [9.17, 15) is 4.79 Å². The number of anilines is 1. The molecule has 0 bridgehead atoms. The normalized spacial score (nSPS) is 16.4. The van der Waals surface area contributed by atoms with E-state index in [2.05, 4.69) is 32.3 Å². The van der Waals surface area contributed by atoms with Crippen molar-refractivity contribution < 1.29 is 9.53 Å². The molecule has 1 unspecified atom stereocenters. The highest BCUT2D eigenvalue weighted by molar-refractivity contribution is 7.21. The van der Waals surface area contributed by atoms with Crippen molar-refractivity contribution in [3.8, 4) is 0 Å². The molecule has 6 nitrogen and oxygen atoms in total. The van der Waals surface area contributed by atoms with E-state index in [1.165, 1.54) is 5.39 Å². The van der Waals surface area contributed by atoms with E-state index in [1.54, 1.807) is 18.4 Å². The summed E-state index contributed by atoms with van der Waals surface area (Å²) < 4.78 is 6.22. The number of nitrogens with zero attached hydrogens (tertiary/aromatic N) is 3. The van der Waals surface area contributed by atoms with Gasteiger partial charge in [-0.1, -0.05) is 18.2 Å². The first-order valence-corrected chi connectivity index (χ1v) is 11.2. The minimum absolute atomic E-state index is 0.0181. The zero-order valence-electron chi connectivity index (χ0n) is 17.8. The molecule has 1 fully saturated rings. The second-order valence-electron chi connectivity index (χ2n) is 7.80. The summed E-state index contributed by atoms with van der Waals surface area (Å²) in [7, 11) is 1.64. The van der Waals surface area contributed by atoms with Crippen LogP contribution in [-0.2, 0) is 11.2 Å². The van der Waals surface area contributed by atoms with Gasteiger partial charge in [-0.2, -0.15) is 0 Å². The molecule has 1 amide bonds. The molecule has 30 heavy (non-hydrogen) atoms. The number of hydrogen-bond acceptors (Lipinski definition) is 6. The van der Waals surface area contributed by atoms with E-state index < -0.39 is 0 Å². The van der Waals surface area contributed by atoms with Gasteiger partial charge in [0.2, 0.25) is 5.95 Å². The summed E-state index contributed by atoms with van der Waals surface area (Å²) in [4.78, 5) is 25.4. The van der Waals surface area contributed by atoms with Crippen LogP contribution in [0.4, 0.5) is 5.95 Å². The fourth-order valence-corrected chi connectivity index (χ4v) is 5.36. The first-order valence-electron chi connectivity index (χ1n) is 10.4. The molecule has 1 atom stereocenters. The van der Waals surface area contributed by atoms with Gasteiger partial charge in [0.1, 0.15) is 0 Å². The summed E-state index contributed by atoms with van der Waals surface area (Å²) in [6.45, 7) is 5.99. The Morgan fingerprint density at radius 1 is 1.27 bits per heavy atom. The number of rotatable bonds is 7. The smallest absolute Gasteiger partial charge is 0.261 e. The van der Waals surface area contributed by atoms with Gasteiger partial charge in [0.25, 0.3) is 5.91 Å². The highest BCUT2D eigenvalue weighted by atomic mass is 32.1. The predicted octanol–water partition coefficient (Wildman–Crippen LogP) is 3.90. The molecule has 158 valence electrons. The monoisotopic (exact) mass is 424 g/mol. The van der Waals surface area contributed by atoms with Gasteiger partial charge < -0.3 is 15.0 Å². The van der Waals surface area contributed by atoms with Gasteiger partial charge in [-0.25, -0.2) is 9.97 Å². The molecule has 3 heterocycles. The lowest BCUT2D eigenvalue weighted by atomic mass is 10.0. The number of fused-ring (bicyclic) bond motifs is 1. The van der Waals surface area contributed by atoms with Gasteiger partial charge in [0.05, 0.1) is 11.5 Å². The third kappa shape index (κ3) is 4.32. The average Bonchev–Trinajstić information content (AvgIpc) is 3.33. The van der Waals surface area contributed by atoms with Gasteiger partial charge in [-0.15, -0.1) is 11.3 Å². The van der Waals surface area contributed by atoms with Crippen molar-refractivity contribution in [2.45, 2.75) is 39.2 Å². The molecule has 0 saturated carbocycles. The van der Waals surface area contributed by atoms with Gasteiger partial charge in [-0.3, -0.25) is 4.79 Å². The summed E-state index contributed by atoms with van der Waals surface area (Å²) >= 11 is 1.57. The zero-order valence-corrected chi connectivity index (χ0v) is 18.6. The molecule has 0 spiro atoms. The third-order valence-electron chi connectivity index (χ3n) is 5.54. The second kappa shape index (κ2) is 9.10. The van der Waals surface area contributed by atoms with Crippen molar-refractivity contribution in [3.05, 3.63) is 52.2 Å². The molecule has 1 aliphatic rings. The maximum Gasteiger partial charge on any atom is 0.261 e. The molecule has 0 aliphatic carbocycles. The molecule has 1 aromatic carbocycles. The Balaban J connectivity index is 1.65.